The van der Waals surface area contributed by atoms with Gasteiger partial charge in [-0.1, -0.05) is 60.2 Å². The van der Waals surface area contributed by atoms with E-state index in [1.807, 2.05) is 42.5 Å². The maximum absolute atomic E-state index is 5.55. The van der Waals surface area contributed by atoms with Crippen molar-refractivity contribution < 1.29 is 4.74 Å². The molecule has 0 aromatic heterocycles. The van der Waals surface area contributed by atoms with E-state index in [-0.39, 0.29) is 6.04 Å². The van der Waals surface area contributed by atoms with Crippen LogP contribution >= 0.6 is 12.2 Å². The van der Waals surface area contributed by atoms with Crippen LogP contribution in [-0.4, -0.2) is 12.2 Å². The zero-order valence-corrected chi connectivity index (χ0v) is 15.7. The molecule has 132 valence electrons. The van der Waals surface area contributed by atoms with Gasteiger partial charge in [-0.25, -0.2) is 0 Å². The standard InChI is InChI=1S/C22H22N2OS/c1-16-8-12-19(13-9-16)23-22(26)24-21(17-6-4-3-5-7-17)18-10-14-20(25-2)15-11-18/h3-15,21H,1-2H3,(H2,23,24,26)/t21-/m1/s1. The van der Waals surface area contributed by atoms with E-state index >= 15 is 0 Å². The van der Waals surface area contributed by atoms with Gasteiger partial charge >= 0.3 is 0 Å². The molecular formula is C22H22N2OS. The first-order chi connectivity index (χ1) is 12.7. The van der Waals surface area contributed by atoms with Crippen LogP contribution in [0.4, 0.5) is 5.69 Å². The van der Waals surface area contributed by atoms with Crippen molar-refractivity contribution in [2.45, 2.75) is 13.0 Å². The first kappa shape index (κ1) is 18.0. The van der Waals surface area contributed by atoms with Gasteiger partial charge in [0, 0.05) is 5.69 Å². The average Bonchev–Trinajstić information content (AvgIpc) is 2.69. The van der Waals surface area contributed by atoms with E-state index in [9.17, 15) is 0 Å². The minimum absolute atomic E-state index is 0.0486. The van der Waals surface area contributed by atoms with Crippen molar-refractivity contribution in [2.75, 3.05) is 12.4 Å². The van der Waals surface area contributed by atoms with Crippen LogP contribution in [-0.2, 0) is 0 Å². The van der Waals surface area contributed by atoms with Crippen LogP contribution < -0.4 is 15.4 Å². The predicted molar refractivity (Wildman–Crippen MR) is 112 cm³/mol. The quantitative estimate of drug-likeness (QED) is 0.620. The fourth-order valence-corrected chi connectivity index (χ4v) is 2.97. The molecule has 0 aliphatic rings. The van der Waals surface area contributed by atoms with Gasteiger partial charge in [0.15, 0.2) is 5.11 Å². The highest BCUT2D eigenvalue weighted by molar-refractivity contribution is 7.80. The maximum Gasteiger partial charge on any atom is 0.171 e. The molecule has 0 unspecified atom stereocenters. The Balaban J connectivity index is 1.81. The van der Waals surface area contributed by atoms with Crippen LogP contribution in [0.3, 0.4) is 0 Å². The van der Waals surface area contributed by atoms with Crippen molar-refractivity contribution in [1.82, 2.24) is 5.32 Å². The molecule has 0 bridgehead atoms. The maximum atomic E-state index is 5.55. The molecule has 3 aromatic rings. The molecular weight excluding hydrogens is 340 g/mol. The molecule has 0 fully saturated rings. The number of nitrogens with one attached hydrogen (secondary N) is 2. The number of hydrogen-bond acceptors (Lipinski definition) is 2. The Hall–Kier alpha value is -2.85. The molecule has 0 saturated heterocycles. The highest BCUT2D eigenvalue weighted by Crippen LogP contribution is 2.24. The monoisotopic (exact) mass is 362 g/mol. The van der Waals surface area contributed by atoms with Crippen molar-refractivity contribution in [3.05, 3.63) is 95.6 Å². The molecule has 3 nitrogen and oxygen atoms in total. The van der Waals surface area contributed by atoms with E-state index in [4.69, 9.17) is 17.0 Å². The van der Waals surface area contributed by atoms with Gasteiger partial charge in [-0.05, 0) is 54.5 Å². The van der Waals surface area contributed by atoms with Crippen molar-refractivity contribution in [3.8, 4) is 5.75 Å². The summed E-state index contributed by atoms with van der Waals surface area (Å²) >= 11 is 5.55. The fourth-order valence-electron chi connectivity index (χ4n) is 2.74. The predicted octanol–water partition coefficient (Wildman–Crippen LogP) is 5.08. The molecule has 0 heterocycles. The molecule has 4 heteroatoms. The Labute approximate surface area is 160 Å². The number of rotatable bonds is 5. The summed E-state index contributed by atoms with van der Waals surface area (Å²) in [5.41, 5.74) is 4.44. The molecule has 0 amide bonds. The summed E-state index contributed by atoms with van der Waals surface area (Å²) in [6, 6.07) is 26.4. The minimum atomic E-state index is -0.0486. The summed E-state index contributed by atoms with van der Waals surface area (Å²) in [6.07, 6.45) is 0. The molecule has 26 heavy (non-hydrogen) atoms. The van der Waals surface area contributed by atoms with E-state index in [2.05, 4.69) is 54.0 Å². The van der Waals surface area contributed by atoms with Gasteiger partial charge in [0.2, 0.25) is 0 Å². The lowest BCUT2D eigenvalue weighted by Gasteiger charge is -2.22. The zero-order valence-electron chi connectivity index (χ0n) is 14.9. The van der Waals surface area contributed by atoms with Gasteiger partial charge < -0.3 is 15.4 Å². The van der Waals surface area contributed by atoms with Crippen LogP contribution in [0.2, 0.25) is 0 Å². The summed E-state index contributed by atoms with van der Waals surface area (Å²) < 4.78 is 5.27. The summed E-state index contributed by atoms with van der Waals surface area (Å²) in [5, 5.41) is 7.27. The molecule has 0 spiro atoms. The lowest BCUT2D eigenvalue weighted by atomic mass is 9.99. The van der Waals surface area contributed by atoms with Crippen LogP contribution in [0.15, 0.2) is 78.9 Å². The first-order valence-electron chi connectivity index (χ1n) is 8.49. The van der Waals surface area contributed by atoms with E-state index in [0.717, 1.165) is 22.6 Å². The van der Waals surface area contributed by atoms with Crippen molar-refractivity contribution in [2.24, 2.45) is 0 Å². The molecule has 2 N–H and O–H groups in total. The molecule has 0 radical (unpaired) electrons. The van der Waals surface area contributed by atoms with Gasteiger partial charge in [-0.3, -0.25) is 0 Å². The van der Waals surface area contributed by atoms with Crippen molar-refractivity contribution >= 4 is 23.0 Å². The van der Waals surface area contributed by atoms with Crippen LogP contribution in [0.25, 0.3) is 0 Å². The zero-order chi connectivity index (χ0) is 18.4. The normalized spacial score (nSPS) is 11.5. The molecule has 0 aliphatic carbocycles. The van der Waals surface area contributed by atoms with E-state index < -0.39 is 0 Å². The van der Waals surface area contributed by atoms with Crippen LogP contribution in [0.1, 0.15) is 22.7 Å². The number of methoxy groups -OCH3 is 1. The van der Waals surface area contributed by atoms with Gasteiger partial charge in [-0.2, -0.15) is 0 Å². The third kappa shape index (κ3) is 4.61. The Kier molecular flexibility index (Phi) is 5.87. The number of anilines is 1. The van der Waals surface area contributed by atoms with Gasteiger partial charge in [-0.15, -0.1) is 0 Å². The summed E-state index contributed by atoms with van der Waals surface area (Å²) in [7, 11) is 1.67. The second-order valence-corrected chi connectivity index (χ2v) is 6.49. The van der Waals surface area contributed by atoms with Crippen LogP contribution in [0, 0.1) is 6.92 Å². The largest absolute Gasteiger partial charge is 0.497 e. The van der Waals surface area contributed by atoms with Gasteiger partial charge in [0.25, 0.3) is 0 Å². The number of thiocarbonyl (C=S) groups is 1. The summed E-state index contributed by atoms with van der Waals surface area (Å²) in [6.45, 7) is 2.06. The van der Waals surface area contributed by atoms with Crippen molar-refractivity contribution in [1.29, 1.82) is 0 Å². The van der Waals surface area contributed by atoms with E-state index in [1.54, 1.807) is 7.11 Å². The Morgan fingerprint density at radius 2 is 1.46 bits per heavy atom. The smallest absolute Gasteiger partial charge is 0.171 e. The highest BCUT2D eigenvalue weighted by Gasteiger charge is 2.15. The molecule has 0 saturated carbocycles. The summed E-state index contributed by atoms with van der Waals surface area (Å²) in [4.78, 5) is 0. The second-order valence-electron chi connectivity index (χ2n) is 6.08. The lowest BCUT2D eigenvalue weighted by Crippen LogP contribution is -2.33. The highest BCUT2D eigenvalue weighted by atomic mass is 32.1. The van der Waals surface area contributed by atoms with Crippen molar-refractivity contribution in [3.63, 3.8) is 0 Å². The first-order valence-corrected chi connectivity index (χ1v) is 8.89. The van der Waals surface area contributed by atoms with Crippen LogP contribution in [0.5, 0.6) is 5.75 Å². The molecule has 3 rings (SSSR count). The Bertz CT molecular complexity index is 846. The van der Waals surface area contributed by atoms with E-state index in [0.29, 0.717) is 5.11 Å². The third-order valence-electron chi connectivity index (χ3n) is 4.17. The van der Waals surface area contributed by atoms with Gasteiger partial charge in [0.05, 0.1) is 13.2 Å². The average molecular weight is 362 g/mol. The Morgan fingerprint density at radius 3 is 2.08 bits per heavy atom. The molecule has 0 aliphatic heterocycles. The number of hydrogen-bond donors (Lipinski definition) is 2. The number of benzene rings is 3. The third-order valence-corrected chi connectivity index (χ3v) is 4.39. The second kappa shape index (κ2) is 8.50. The fraction of sp³-hybridized carbons (Fsp3) is 0.136. The van der Waals surface area contributed by atoms with E-state index in [1.165, 1.54) is 5.56 Å². The van der Waals surface area contributed by atoms with Gasteiger partial charge in [0.1, 0.15) is 5.75 Å². The minimum Gasteiger partial charge on any atom is -0.497 e. The lowest BCUT2D eigenvalue weighted by molar-refractivity contribution is 0.414. The number of ether oxygens (including phenoxy) is 1. The molecule has 3 aromatic carbocycles. The number of aryl methyl sites for hydroxylation is 1. The Morgan fingerprint density at radius 1 is 0.846 bits per heavy atom. The SMILES string of the molecule is COc1ccc([C@H](NC(=S)Nc2ccc(C)cc2)c2ccccc2)cc1. The molecule has 1 atom stereocenters. The summed E-state index contributed by atoms with van der Waals surface area (Å²) in [5.74, 6) is 0.834. The topological polar surface area (TPSA) is 33.3 Å².